The van der Waals surface area contributed by atoms with E-state index in [4.69, 9.17) is 10.4 Å². The number of halogens is 2. The number of hydrogen-bond donors (Lipinski definition) is 1. The SMILES string of the molecule is N#Cc1ccc(N2CCCCC2CCO)c(F)c1Br. The standard InChI is InChI=1S/C14H16BrFN2O/c15-13-10(9-17)4-5-12(14(13)16)18-7-2-1-3-11(18)6-8-19/h4-5,11,19H,1-3,6-8H2. The highest BCUT2D eigenvalue weighted by molar-refractivity contribution is 9.10. The van der Waals surface area contributed by atoms with Crippen LogP contribution in [0.5, 0.6) is 0 Å². The molecule has 0 amide bonds. The van der Waals surface area contributed by atoms with Gasteiger partial charge in [0.2, 0.25) is 0 Å². The van der Waals surface area contributed by atoms with Crippen molar-refractivity contribution < 1.29 is 9.50 Å². The molecule has 1 saturated heterocycles. The number of nitriles is 1. The molecule has 0 saturated carbocycles. The average Bonchev–Trinajstić information content (AvgIpc) is 2.43. The monoisotopic (exact) mass is 326 g/mol. The number of nitrogens with zero attached hydrogens (tertiary/aromatic N) is 2. The third kappa shape index (κ3) is 2.90. The molecule has 5 heteroatoms. The Bertz CT molecular complexity index is 499. The lowest BCUT2D eigenvalue weighted by molar-refractivity contribution is 0.262. The Kier molecular flexibility index (Phi) is 4.78. The predicted octanol–water partition coefficient (Wildman–Crippen LogP) is 3.20. The number of aliphatic hydroxyl groups is 1. The van der Waals surface area contributed by atoms with Crippen LogP contribution in [0.15, 0.2) is 16.6 Å². The van der Waals surface area contributed by atoms with Crippen LogP contribution in [0, 0.1) is 17.1 Å². The predicted molar refractivity (Wildman–Crippen MR) is 75.5 cm³/mol. The van der Waals surface area contributed by atoms with Crippen molar-refractivity contribution in [2.75, 3.05) is 18.1 Å². The zero-order valence-electron chi connectivity index (χ0n) is 10.6. The molecule has 102 valence electrons. The van der Waals surface area contributed by atoms with Crippen LogP contribution in [0.3, 0.4) is 0 Å². The summed E-state index contributed by atoms with van der Waals surface area (Å²) in [5.41, 5.74) is 0.820. The Morgan fingerprint density at radius 1 is 1.47 bits per heavy atom. The molecule has 19 heavy (non-hydrogen) atoms. The average molecular weight is 327 g/mol. The Labute approximate surface area is 120 Å². The van der Waals surface area contributed by atoms with E-state index in [1.165, 1.54) is 0 Å². The van der Waals surface area contributed by atoms with Crippen LogP contribution in [0.2, 0.25) is 0 Å². The molecule has 0 bridgehead atoms. The molecule has 1 unspecified atom stereocenters. The molecular formula is C14H16BrFN2O. The highest BCUT2D eigenvalue weighted by atomic mass is 79.9. The summed E-state index contributed by atoms with van der Waals surface area (Å²) in [6.07, 6.45) is 3.76. The summed E-state index contributed by atoms with van der Waals surface area (Å²) in [5, 5.41) is 18.0. The molecule has 0 aromatic heterocycles. The Morgan fingerprint density at radius 2 is 2.26 bits per heavy atom. The zero-order valence-corrected chi connectivity index (χ0v) is 12.2. The molecule has 0 radical (unpaired) electrons. The van der Waals surface area contributed by atoms with E-state index in [-0.39, 0.29) is 22.9 Å². The van der Waals surface area contributed by atoms with Crippen LogP contribution in [0.25, 0.3) is 0 Å². The lowest BCUT2D eigenvalue weighted by atomic mass is 9.98. The van der Waals surface area contributed by atoms with E-state index in [1.54, 1.807) is 12.1 Å². The van der Waals surface area contributed by atoms with Crippen molar-refractivity contribution in [2.45, 2.75) is 31.7 Å². The van der Waals surface area contributed by atoms with E-state index in [1.807, 2.05) is 11.0 Å². The van der Waals surface area contributed by atoms with Gasteiger partial charge in [-0.05, 0) is 53.7 Å². The highest BCUT2D eigenvalue weighted by Gasteiger charge is 2.25. The first-order valence-electron chi connectivity index (χ1n) is 6.44. The molecule has 1 aromatic rings. The molecule has 0 spiro atoms. The minimum atomic E-state index is -0.385. The van der Waals surface area contributed by atoms with Crippen molar-refractivity contribution in [3.63, 3.8) is 0 Å². The first kappa shape index (κ1) is 14.3. The van der Waals surface area contributed by atoms with Gasteiger partial charge in [-0.25, -0.2) is 4.39 Å². The second kappa shape index (κ2) is 6.36. The number of benzene rings is 1. The van der Waals surface area contributed by atoms with Crippen LogP contribution in [-0.2, 0) is 0 Å². The van der Waals surface area contributed by atoms with Crippen LogP contribution in [0.1, 0.15) is 31.2 Å². The fraction of sp³-hybridized carbons (Fsp3) is 0.500. The smallest absolute Gasteiger partial charge is 0.161 e. The van der Waals surface area contributed by atoms with Gasteiger partial charge in [-0.3, -0.25) is 0 Å². The largest absolute Gasteiger partial charge is 0.396 e. The van der Waals surface area contributed by atoms with Gasteiger partial charge in [0.15, 0.2) is 5.82 Å². The maximum Gasteiger partial charge on any atom is 0.161 e. The van der Waals surface area contributed by atoms with Gasteiger partial charge in [0, 0.05) is 19.2 Å². The zero-order chi connectivity index (χ0) is 13.8. The summed E-state index contributed by atoms with van der Waals surface area (Å²) in [6.45, 7) is 0.903. The van der Waals surface area contributed by atoms with E-state index in [0.717, 1.165) is 25.8 Å². The first-order chi connectivity index (χ1) is 9.19. The molecule has 0 aliphatic carbocycles. The van der Waals surface area contributed by atoms with Crippen molar-refractivity contribution in [3.8, 4) is 6.07 Å². The van der Waals surface area contributed by atoms with Gasteiger partial charge in [-0.1, -0.05) is 0 Å². The summed E-state index contributed by atoms with van der Waals surface area (Å²) >= 11 is 3.14. The van der Waals surface area contributed by atoms with E-state index >= 15 is 0 Å². The maximum absolute atomic E-state index is 14.3. The lowest BCUT2D eigenvalue weighted by Crippen LogP contribution is -2.40. The Balaban J connectivity index is 2.34. The molecule has 1 heterocycles. The number of piperidine rings is 1. The van der Waals surface area contributed by atoms with Crippen molar-refractivity contribution in [2.24, 2.45) is 0 Å². The van der Waals surface area contributed by atoms with Crippen LogP contribution < -0.4 is 4.90 Å². The van der Waals surface area contributed by atoms with Gasteiger partial charge in [-0.2, -0.15) is 5.26 Å². The number of anilines is 1. The highest BCUT2D eigenvalue weighted by Crippen LogP contribution is 2.33. The molecule has 1 fully saturated rings. The Hall–Kier alpha value is -1.12. The van der Waals surface area contributed by atoms with E-state index in [0.29, 0.717) is 17.7 Å². The van der Waals surface area contributed by atoms with Crippen molar-refractivity contribution in [1.29, 1.82) is 5.26 Å². The summed E-state index contributed by atoms with van der Waals surface area (Å²) in [5.74, 6) is -0.385. The van der Waals surface area contributed by atoms with Crippen LogP contribution in [0.4, 0.5) is 10.1 Å². The minimum Gasteiger partial charge on any atom is -0.396 e. The van der Waals surface area contributed by atoms with Gasteiger partial charge in [0.05, 0.1) is 15.7 Å². The first-order valence-corrected chi connectivity index (χ1v) is 7.24. The van der Waals surface area contributed by atoms with Crippen molar-refractivity contribution in [1.82, 2.24) is 0 Å². The van der Waals surface area contributed by atoms with E-state index in [9.17, 15) is 4.39 Å². The second-order valence-electron chi connectivity index (χ2n) is 4.73. The van der Waals surface area contributed by atoms with Gasteiger partial charge in [0.25, 0.3) is 0 Å². The number of aliphatic hydroxyl groups excluding tert-OH is 1. The summed E-state index contributed by atoms with van der Waals surface area (Å²) in [7, 11) is 0. The molecule has 1 aliphatic rings. The summed E-state index contributed by atoms with van der Waals surface area (Å²) in [6, 6.07) is 5.42. The van der Waals surface area contributed by atoms with Gasteiger partial charge >= 0.3 is 0 Å². The quantitative estimate of drug-likeness (QED) is 0.927. The van der Waals surface area contributed by atoms with Gasteiger partial charge in [-0.15, -0.1) is 0 Å². The molecule has 1 N–H and O–H groups in total. The van der Waals surface area contributed by atoms with Crippen LogP contribution >= 0.6 is 15.9 Å². The van der Waals surface area contributed by atoms with E-state index in [2.05, 4.69) is 15.9 Å². The summed E-state index contributed by atoms with van der Waals surface area (Å²) in [4.78, 5) is 2.01. The Morgan fingerprint density at radius 3 is 2.95 bits per heavy atom. The van der Waals surface area contributed by atoms with Crippen molar-refractivity contribution >= 4 is 21.6 Å². The van der Waals surface area contributed by atoms with Crippen LogP contribution in [-0.4, -0.2) is 24.3 Å². The third-order valence-electron chi connectivity index (χ3n) is 3.58. The fourth-order valence-corrected chi connectivity index (χ4v) is 3.04. The molecule has 3 nitrogen and oxygen atoms in total. The maximum atomic E-state index is 14.3. The minimum absolute atomic E-state index is 0.111. The van der Waals surface area contributed by atoms with Gasteiger partial charge < -0.3 is 10.0 Å². The number of hydrogen-bond acceptors (Lipinski definition) is 3. The van der Waals surface area contributed by atoms with Crippen molar-refractivity contribution in [3.05, 3.63) is 28.0 Å². The molecule has 2 rings (SSSR count). The van der Waals surface area contributed by atoms with E-state index < -0.39 is 0 Å². The lowest BCUT2D eigenvalue weighted by Gasteiger charge is -2.37. The molecule has 1 aliphatic heterocycles. The normalized spacial score (nSPS) is 19.3. The summed E-state index contributed by atoms with van der Waals surface area (Å²) < 4.78 is 14.6. The topological polar surface area (TPSA) is 47.3 Å². The number of rotatable bonds is 3. The molecule has 1 aromatic carbocycles. The third-order valence-corrected chi connectivity index (χ3v) is 4.36. The second-order valence-corrected chi connectivity index (χ2v) is 5.52. The molecule has 1 atom stereocenters. The van der Waals surface area contributed by atoms with Gasteiger partial charge in [0.1, 0.15) is 6.07 Å². The molecular weight excluding hydrogens is 311 g/mol. The fourth-order valence-electron chi connectivity index (χ4n) is 2.61.